The Morgan fingerprint density at radius 1 is 1.19 bits per heavy atom. The van der Waals surface area contributed by atoms with E-state index in [-0.39, 0.29) is 6.04 Å². The zero-order valence-corrected chi connectivity index (χ0v) is 16.3. The van der Waals surface area contributed by atoms with Crippen LogP contribution in [0, 0.1) is 0 Å². The van der Waals surface area contributed by atoms with E-state index in [0.717, 1.165) is 30.8 Å². The summed E-state index contributed by atoms with van der Waals surface area (Å²) in [5, 5.41) is 8.24. The molecule has 0 bridgehead atoms. The molecule has 3 N–H and O–H groups in total. The van der Waals surface area contributed by atoms with Crippen LogP contribution in [0.1, 0.15) is 48.5 Å². The molecular weight excluding hydrogens is 356 g/mol. The highest BCUT2D eigenvalue weighted by Gasteiger charge is 2.30. The Kier molecular flexibility index (Phi) is 5.95. The molecule has 5 heteroatoms. The van der Waals surface area contributed by atoms with Crippen LogP contribution in [0.2, 0.25) is 5.02 Å². The molecule has 4 rings (SSSR count). The molecule has 2 aromatic rings. The maximum absolute atomic E-state index is 6.26. The lowest BCUT2D eigenvalue weighted by atomic mass is 9.92. The molecule has 27 heavy (non-hydrogen) atoms. The smallest absolute Gasteiger partial charge is 0.0921 e. The number of allylic oxidation sites excluding steroid dienone is 2. The first-order valence-electron chi connectivity index (χ1n) is 9.92. The van der Waals surface area contributed by atoms with Crippen LogP contribution in [0.15, 0.2) is 54.6 Å². The number of hydrogen-bond donors (Lipinski definition) is 3. The standard InChI is InChI=1S/C22H27ClN4/c23-18-9-10-20-17(13-18)8-7-16-5-4-12-25-21(16)22(20)26-11-3-1-2-6-19-14-24-15-27-19/h4-5,9-10,12-15,21-22,25-26H,1-3,6-8,11H2,(H,24,27). The van der Waals surface area contributed by atoms with E-state index in [1.807, 2.05) is 12.3 Å². The van der Waals surface area contributed by atoms with Crippen molar-refractivity contribution in [3.05, 3.63) is 76.5 Å². The van der Waals surface area contributed by atoms with Gasteiger partial charge in [0.25, 0.3) is 0 Å². The fourth-order valence-electron chi connectivity index (χ4n) is 4.17. The summed E-state index contributed by atoms with van der Waals surface area (Å²) in [6.45, 7) is 1.02. The van der Waals surface area contributed by atoms with E-state index in [0.29, 0.717) is 6.04 Å². The van der Waals surface area contributed by atoms with E-state index >= 15 is 0 Å². The predicted octanol–water partition coefficient (Wildman–Crippen LogP) is 4.46. The van der Waals surface area contributed by atoms with Crippen molar-refractivity contribution in [2.45, 2.75) is 50.6 Å². The van der Waals surface area contributed by atoms with E-state index in [1.54, 1.807) is 6.33 Å². The molecule has 1 aromatic heterocycles. The van der Waals surface area contributed by atoms with Gasteiger partial charge in [0, 0.05) is 16.9 Å². The van der Waals surface area contributed by atoms with Gasteiger partial charge >= 0.3 is 0 Å². The van der Waals surface area contributed by atoms with Crippen LogP contribution in [-0.2, 0) is 12.8 Å². The number of nitrogens with zero attached hydrogens (tertiary/aromatic N) is 1. The summed E-state index contributed by atoms with van der Waals surface area (Å²) in [5.41, 5.74) is 5.46. The van der Waals surface area contributed by atoms with Crippen molar-refractivity contribution in [2.75, 3.05) is 6.54 Å². The van der Waals surface area contributed by atoms with Crippen LogP contribution in [0.3, 0.4) is 0 Å². The Morgan fingerprint density at radius 3 is 3.04 bits per heavy atom. The Bertz CT molecular complexity index is 810. The fourth-order valence-corrected chi connectivity index (χ4v) is 4.36. The second-order valence-corrected chi connectivity index (χ2v) is 7.84. The molecule has 2 atom stereocenters. The monoisotopic (exact) mass is 382 g/mol. The first-order chi connectivity index (χ1) is 13.3. The zero-order valence-electron chi connectivity index (χ0n) is 15.5. The summed E-state index contributed by atoms with van der Waals surface area (Å²) in [5.74, 6) is 0. The maximum Gasteiger partial charge on any atom is 0.0921 e. The van der Waals surface area contributed by atoms with Crippen LogP contribution < -0.4 is 10.6 Å². The third kappa shape index (κ3) is 4.45. The van der Waals surface area contributed by atoms with Gasteiger partial charge in [0.1, 0.15) is 0 Å². The molecule has 0 amide bonds. The van der Waals surface area contributed by atoms with Gasteiger partial charge in [-0.25, -0.2) is 4.98 Å². The minimum absolute atomic E-state index is 0.281. The Morgan fingerprint density at radius 2 is 2.15 bits per heavy atom. The van der Waals surface area contributed by atoms with Crippen LogP contribution in [0.4, 0.5) is 0 Å². The van der Waals surface area contributed by atoms with E-state index in [1.165, 1.54) is 41.7 Å². The number of unbranched alkanes of at least 4 members (excludes halogenated alkanes) is 2. The molecule has 0 saturated carbocycles. The van der Waals surface area contributed by atoms with E-state index < -0.39 is 0 Å². The highest BCUT2D eigenvalue weighted by Crippen LogP contribution is 2.34. The zero-order chi connectivity index (χ0) is 18.5. The minimum Gasteiger partial charge on any atom is -0.382 e. The van der Waals surface area contributed by atoms with Gasteiger partial charge in [0.15, 0.2) is 0 Å². The van der Waals surface area contributed by atoms with Gasteiger partial charge in [-0.1, -0.05) is 30.2 Å². The predicted molar refractivity (Wildman–Crippen MR) is 111 cm³/mol. The van der Waals surface area contributed by atoms with Crippen LogP contribution in [0.5, 0.6) is 0 Å². The Labute approximate surface area is 166 Å². The normalized spacial score (nSPS) is 21.0. The lowest BCUT2D eigenvalue weighted by Gasteiger charge is -2.31. The SMILES string of the molecule is Clc1ccc2c(c1)CCC1=CC=CNC1C2NCCCCCc1cnc[nH]1. The number of halogens is 1. The molecule has 2 aliphatic rings. The molecule has 4 nitrogen and oxygen atoms in total. The van der Waals surface area contributed by atoms with Gasteiger partial charge in [0.2, 0.25) is 0 Å². The van der Waals surface area contributed by atoms with E-state index in [9.17, 15) is 0 Å². The summed E-state index contributed by atoms with van der Waals surface area (Å²) in [4.78, 5) is 7.25. The molecule has 1 aliphatic carbocycles. The number of hydrogen-bond acceptors (Lipinski definition) is 3. The summed E-state index contributed by atoms with van der Waals surface area (Å²) in [6.07, 6.45) is 16.9. The number of dihydropyridines is 1. The van der Waals surface area contributed by atoms with Crippen molar-refractivity contribution >= 4 is 11.6 Å². The molecule has 2 heterocycles. The highest BCUT2D eigenvalue weighted by molar-refractivity contribution is 6.30. The quantitative estimate of drug-likeness (QED) is 0.619. The minimum atomic E-state index is 0.281. The number of fused-ring (bicyclic) bond motifs is 2. The lowest BCUT2D eigenvalue weighted by molar-refractivity contribution is 0.431. The molecule has 142 valence electrons. The van der Waals surface area contributed by atoms with Crippen LogP contribution in [-0.4, -0.2) is 22.6 Å². The molecule has 0 radical (unpaired) electrons. The second-order valence-electron chi connectivity index (χ2n) is 7.41. The van der Waals surface area contributed by atoms with Crippen molar-refractivity contribution in [3.8, 4) is 0 Å². The maximum atomic E-state index is 6.26. The third-order valence-electron chi connectivity index (χ3n) is 5.58. The van der Waals surface area contributed by atoms with Gasteiger partial charge in [-0.05, 0) is 79.8 Å². The van der Waals surface area contributed by atoms with E-state index in [2.05, 4.69) is 51.1 Å². The molecule has 0 fully saturated rings. The molecule has 0 spiro atoms. The number of H-pyrrole nitrogens is 1. The number of rotatable bonds is 7. The van der Waals surface area contributed by atoms with Gasteiger partial charge < -0.3 is 15.6 Å². The topological polar surface area (TPSA) is 52.7 Å². The van der Waals surface area contributed by atoms with Crippen LogP contribution >= 0.6 is 11.6 Å². The first-order valence-corrected chi connectivity index (χ1v) is 10.3. The van der Waals surface area contributed by atoms with Gasteiger partial charge in [-0.3, -0.25) is 0 Å². The first kappa shape index (κ1) is 18.3. The molecule has 0 saturated heterocycles. The number of aryl methyl sites for hydroxylation is 2. The fraction of sp³-hybridized carbons (Fsp3) is 0.409. The summed E-state index contributed by atoms with van der Waals surface area (Å²) < 4.78 is 0. The van der Waals surface area contributed by atoms with Crippen molar-refractivity contribution in [2.24, 2.45) is 0 Å². The lowest BCUT2D eigenvalue weighted by Crippen LogP contribution is -2.41. The summed E-state index contributed by atoms with van der Waals surface area (Å²) >= 11 is 6.26. The molecule has 1 aromatic carbocycles. The average molecular weight is 383 g/mol. The van der Waals surface area contributed by atoms with Crippen molar-refractivity contribution < 1.29 is 0 Å². The largest absolute Gasteiger partial charge is 0.382 e. The molecule has 1 aliphatic heterocycles. The number of imidazole rings is 1. The van der Waals surface area contributed by atoms with Crippen molar-refractivity contribution in [3.63, 3.8) is 0 Å². The van der Waals surface area contributed by atoms with Crippen LogP contribution in [0.25, 0.3) is 0 Å². The summed E-state index contributed by atoms with van der Waals surface area (Å²) in [6, 6.07) is 6.97. The number of aromatic amines is 1. The average Bonchev–Trinajstić information content (AvgIpc) is 3.15. The van der Waals surface area contributed by atoms with Crippen molar-refractivity contribution in [1.82, 2.24) is 20.6 Å². The van der Waals surface area contributed by atoms with Crippen molar-refractivity contribution in [1.29, 1.82) is 0 Å². The summed E-state index contributed by atoms with van der Waals surface area (Å²) in [7, 11) is 0. The number of aromatic nitrogens is 2. The number of nitrogens with one attached hydrogen (secondary N) is 3. The Hall–Kier alpha value is -2.04. The van der Waals surface area contributed by atoms with Gasteiger partial charge in [-0.15, -0.1) is 0 Å². The Balaban J connectivity index is 1.38. The molecular formula is C22H27ClN4. The highest BCUT2D eigenvalue weighted by atomic mass is 35.5. The number of benzene rings is 1. The third-order valence-corrected chi connectivity index (χ3v) is 5.82. The van der Waals surface area contributed by atoms with Gasteiger partial charge in [-0.2, -0.15) is 0 Å². The van der Waals surface area contributed by atoms with E-state index in [4.69, 9.17) is 11.6 Å². The molecule has 2 unspecified atom stereocenters. The second kappa shape index (κ2) is 8.77. The van der Waals surface area contributed by atoms with Gasteiger partial charge in [0.05, 0.1) is 18.4 Å².